The Bertz CT molecular complexity index is 569. The largest absolute Gasteiger partial charge is 0.316 e. The molecule has 1 aliphatic rings. The number of hydrogen-bond acceptors (Lipinski definition) is 3. The minimum absolute atomic E-state index is 0. The van der Waals surface area contributed by atoms with E-state index < -0.39 is 15.8 Å². The number of halogens is 3. The summed E-state index contributed by atoms with van der Waals surface area (Å²) < 4.78 is 40.3. The van der Waals surface area contributed by atoms with Crippen LogP contribution in [0.25, 0.3) is 0 Å². The van der Waals surface area contributed by atoms with Crippen LogP contribution in [0.2, 0.25) is 5.02 Å². The summed E-state index contributed by atoms with van der Waals surface area (Å²) in [6.45, 7) is 3.48. The fourth-order valence-corrected chi connectivity index (χ4v) is 4.03. The van der Waals surface area contributed by atoms with Crippen molar-refractivity contribution in [1.82, 2.24) is 10.0 Å². The summed E-state index contributed by atoms with van der Waals surface area (Å²) in [6.07, 6.45) is 0.702. The van der Waals surface area contributed by atoms with E-state index in [1.807, 2.05) is 6.92 Å². The normalized spacial score (nSPS) is 23.1. The van der Waals surface area contributed by atoms with Crippen molar-refractivity contribution < 1.29 is 12.8 Å². The molecular weight excluding hydrogens is 326 g/mol. The van der Waals surface area contributed by atoms with E-state index in [9.17, 15) is 12.8 Å². The number of hydrogen-bond donors (Lipinski definition) is 2. The molecule has 0 saturated carbocycles. The smallest absolute Gasteiger partial charge is 0.242 e. The molecule has 0 radical (unpaired) electrons. The van der Waals surface area contributed by atoms with E-state index >= 15 is 0 Å². The third-order valence-electron chi connectivity index (χ3n) is 3.27. The SMILES string of the molecule is CC1CNCCC1NS(=O)(=O)c1cc(F)ccc1Cl.Cl. The van der Waals surface area contributed by atoms with Crippen LogP contribution in [0.15, 0.2) is 23.1 Å². The third-order valence-corrected chi connectivity index (χ3v) is 5.25. The Morgan fingerprint density at radius 2 is 2.15 bits per heavy atom. The Morgan fingerprint density at radius 1 is 1.45 bits per heavy atom. The van der Waals surface area contributed by atoms with Gasteiger partial charge in [-0.05, 0) is 43.6 Å². The first-order chi connectivity index (χ1) is 8.90. The number of nitrogens with one attached hydrogen (secondary N) is 2. The standard InChI is InChI=1S/C12H16ClFN2O2S.ClH/c1-8-7-15-5-4-11(8)16-19(17,18)12-6-9(14)2-3-10(12)13;/h2-3,6,8,11,15-16H,4-5,7H2,1H3;1H. The van der Waals surface area contributed by atoms with Gasteiger partial charge in [-0.3, -0.25) is 0 Å². The number of sulfonamides is 1. The summed E-state index contributed by atoms with van der Waals surface area (Å²) in [5.74, 6) is -0.445. The van der Waals surface area contributed by atoms with Crippen molar-refractivity contribution in [2.75, 3.05) is 13.1 Å². The molecule has 2 N–H and O–H groups in total. The second-order valence-corrected chi connectivity index (χ2v) is 6.86. The molecule has 0 aliphatic carbocycles. The molecule has 1 aliphatic heterocycles. The van der Waals surface area contributed by atoms with Crippen molar-refractivity contribution in [3.05, 3.63) is 29.0 Å². The Labute approximate surface area is 129 Å². The van der Waals surface area contributed by atoms with E-state index in [-0.39, 0.29) is 34.3 Å². The molecule has 2 unspecified atom stereocenters. The lowest BCUT2D eigenvalue weighted by Gasteiger charge is -2.30. The molecule has 4 nitrogen and oxygen atoms in total. The monoisotopic (exact) mass is 342 g/mol. The maximum absolute atomic E-state index is 13.2. The van der Waals surface area contributed by atoms with Crippen LogP contribution >= 0.6 is 24.0 Å². The summed E-state index contributed by atoms with van der Waals surface area (Å²) in [5, 5.41) is 3.21. The van der Waals surface area contributed by atoms with Gasteiger partial charge in [-0.25, -0.2) is 17.5 Å². The fraction of sp³-hybridized carbons (Fsp3) is 0.500. The van der Waals surface area contributed by atoms with Gasteiger partial charge in [0, 0.05) is 6.04 Å². The van der Waals surface area contributed by atoms with Crippen molar-refractivity contribution in [1.29, 1.82) is 0 Å². The molecule has 1 aromatic rings. The zero-order chi connectivity index (χ0) is 14.0. The second-order valence-electron chi connectivity index (χ2n) is 4.77. The Kier molecular flexibility index (Phi) is 6.22. The molecule has 114 valence electrons. The molecule has 1 heterocycles. The van der Waals surface area contributed by atoms with Gasteiger partial charge >= 0.3 is 0 Å². The topological polar surface area (TPSA) is 58.2 Å². The van der Waals surface area contributed by atoms with Gasteiger partial charge < -0.3 is 5.32 Å². The minimum Gasteiger partial charge on any atom is -0.316 e. The summed E-state index contributed by atoms with van der Waals surface area (Å²) in [5.41, 5.74) is 0. The lowest BCUT2D eigenvalue weighted by molar-refractivity contribution is 0.328. The molecule has 0 aromatic heterocycles. The van der Waals surface area contributed by atoms with Gasteiger partial charge in [0.05, 0.1) is 5.02 Å². The van der Waals surface area contributed by atoms with E-state index in [0.717, 1.165) is 25.2 Å². The number of benzene rings is 1. The predicted octanol–water partition coefficient (Wildman–Crippen LogP) is 2.18. The zero-order valence-electron chi connectivity index (χ0n) is 10.9. The van der Waals surface area contributed by atoms with Crippen LogP contribution in [0.3, 0.4) is 0 Å². The Hall–Kier alpha value is -0.400. The first-order valence-electron chi connectivity index (χ1n) is 6.08. The highest BCUT2D eigenvalue weighted by molar-refractivity contribution is 7.89. The van der Waals surface area contributed by atoms with Crippen LogP contribution in [0.4, 0.5) is 4.39 Å². The molecule has 0 bridgehead atoms. The van der Waals surface area contributed by atoms with Gasteiger partial charge in [0.15, 0.2) is 0 Å². The van der Waals surface area contributed by atoms with Gasteiger partial charge in [-0.1, -0.05) is 18.5 Å². The van der Waals surface area contributed by atoms with Crippen LogP contribution in [0.5, 0.6) is 0 Å². The van der Waals surface area contributed by atoms with Gasteiger partial charge in [0.2, 0.25) is 10.0 Å². The summed E-state index contributed by atoms with van der Waals surface area (Å²) >= 11 is 5.84. The number of piperidine rings is 1. The fourth-order valence-electron chi connectivity index (χ4n) is 2.14. The average molecular weight is 343 g/mol. The lowest BCUT2D eigenvalue weighted by Crippen LogP contribution is -2.48. The highest BCUT2D eigenvalue weighted by atomic mass is 35.5. The van der Waals surface area contributed by atoms with Crippen molar-refractivity contribution in [2.24, 2.45) is 5.92 Å². The maximum atomic E-state index is 13.2. The average Bonchev–Trinajstić information content (AvgIpc) is 2.35. The van der Waals surface area contributed by atoms with Crippen molar-refractivity contribution in [2.45, 2.75) is 24.3 Å². The minimum atomic E-state index is -3.80. The molecule has 0 amide bonds. The molecule has 8 heteroatoms. The van der Waals surface area contributed by atoms with Gasteiger partial charge in [0.1, 0.15) is 10.7 Å². The summed E-state index contributed by atoms with van der Waals surface area (Å²) in [6, 6.07) is 3.16. The van der Waals surface area contributed by atoms with Gasteiger partial charge in [-0.15, -0.1) is 12.4 Å². The van der Waals surface area contributed by atoms with Crippen molar-refractivity contribution in [3.8, 4) is 0 Å². The van der Waals surface area contributed by atoms with Crippen LogP contribution in [-0.4, -0.2) is 27.5 Å². The molecule has 20 heavy (non-hydrogen) atoms. The second kappa shape index (κ2) is 7.04. The highest BCUT2D eigenvalue weighted by Crippen LogP contribution is 2.23. The molecule has 2 atom stereocenters. The summed E-state index contributed by atoms with van der Waals surface area (Å²) in [7, 11) is -3.80. The molecule has 1 fully saturated rings. The third kappa shape index (κ3) is 4.05. The lowest BCUT2D eigenvalue weighted by atomic mass is 9.97. The van der Waals surface area contributed by atoms with Crippen molar-refractivity contribution in [3.63, 3.8) is 0 Å². The van der Waals surface area contributed by atoms with E-state index in [4.69, 9.17) is 11.6 Å². The van der Waals surface area contributed by atoms with Crippen LogP contribution in [0, 0.1) is 11.7 Å². The predicted molar refractivity (Wildman–Crippen MR) is 79.4 cm³/mol. The van der Waals surface area contributed by atoms with Crippen LogP contribution in [0.1, 0.15) is 13.3 Å². The van der Waals surface area contributed by atoms with E-state index in [1.165, 1.54) is 6.07 Å². The van der Waals surface area contributed by atoms with Gasteiger partial charge in [-0.2, -0.15) is 0 Å². The maximum Gasteiger partial charge on any atom is 0.242 e. The Balaban J connectivity index is 0.00000200. The Morgan fingerprint density at radius 3 is 2.80 bits per heavy atom. The quantitative estimate of drug-likeness (QED) is 0.885. The van der Waals surface area contributed by atoms with Crippen molar-refractivity contribution >= 4 is 34.0 Å². The first-order valence-corrected chi connectivity index (χ1v) is 7.94. The number of rotatable bonds is 3. The zero-order valence-corrected chi connectivity index (χ0v) is 13.3. The molecule has 1 aromatic carbocycles. The van der Waals surface area contributed by atoms with Gasteiger partial charge in [0.25, 0.3) is 0 Å². The van der Waals surface area contributed by atoms with Crippen LogP contribution in [-0.2, 0) is 10.0 Å². The molecule has 2 rings (SSSR count). The first kappa shape index (κ1) is 17.7. The van der Waals surface area contributed by atoms with E-state index in [0.29, 0.717) is 6.42 Å². The van der Waals surface area contributed by atoms with E-state index in [1.54, 1.807) is 0 Å². The molecular formula is C12H17Cl2FN2O2S. The van der Waals surface area contributed by atoms with E-state index in [2.05, 4.69) is 10.0 Å². The molecule has 0 spiro atoms. The highest BCUT2D eigenvalue weighted by Gasteiger charge is 2.28. The summed E-state index contributed by atoms with van der Waals surface area (Å²) in [4.78, 5) is -0.208. The molecule has 1 saturated heterocycles. The van der Waals surface area contributed by atoms with Crippen LogP contribution < -0.4 is 10.0 Å².